The third kappa shape index (κ3) is 42.2. The molecule has 3 atom stereocenters. The van der Waals surface area contributed by atoms with Gasteiger partial charge in [-0.2, -0.15) is 0 Å². The van der Waals surface area contributed by atoms with Crippen LogP contribution in [-0.4, -0.2) is 141 Å². The van der Waals surface area contributed by atoms with Crippen molar-refractivity contribution >= 4 is 50.9 Å². The summed E-state index contributed by atoms with van der Waals surface area (Å²) in [5.74, 6) is -4.09. The van der Waals surface area contributed by atoms with E-state index in [9.17, 15) is 38.7 Å². The Labute approximate surface area is 376 Å². The molecule has 0 heterocycles. The Kier molecular flexibility index (Phi) is 41.3. The Morgan fingerprint density at radius 3 is 1.25 bits per heavy atom. The highest BCUT2D eigenvalue weighted by molar-refractivity contribution is 7.13. The number of carboxylic acids is 3. The van der Waals surface area contributed by atoms with Crippen molar-refractivity contribution in [2.45, 2.75) is 160 Å². The number of carbonyl (C=O) groups excluding carboxylic acids is 4. The van der Waals surface area contributed by atoms with Gasteiger partial charge in [0.15, 0.2) is 0 Å². The molecule has 0 aliphatic heterocycles. The van der Waals surface area contributed by atoms with Crippen LogP contribution in [0.3, 0.4) is 0 Å². The van der Waals surface area contributed by atoms with Gasteiger partial charge in [-0.1, -0.05) is 99.3 Å². The molecule has 3 unspecified atom stereocenters. The number of aliphatic carboxylic acids is 3. The second kappa shape index (κ2) is 43.8. The fourth-order valence-electron chi connectivity index (χ4n) is 6.30. The quantitative estimate of drug-likeness (QED) is 0.0318. The average molecular weight is 922 g/mol. The first-order valence-electron chi connectivity index (χ1n) is 23.0. The maximum atomic E-state index is 12.3. The molecule has 0 aromatic rings. The number of hydrogen-bond acceptors (Lipinski definition) is 12. The number of rotatable bonds is 47. The third-order valence-electron chi connectivity index (χ3n) is 9.93. The molecule has 0 fully saturated rings. The molecule has 0 rings (SSSR count). The molecule has 4 amide bonds. The molecule has 63 heavy (non-hydrogen) atoms. The number of carbonyl (C=O) groups is 7. The Morgan fingerprint density at radius 2 is 0.810 bits per heavy atom. The van der Waals surface area contributed by atoms with Crippen LogP contribution < -0.4 is 26.4 Å². The van der Waals surface area contributed by atoms with Crippen LogP contribution in [0.25, 0.3) is 0 Å². The minimum atomic E-state index is -1.18. The van der Waals surface area contributed by atoms with Gasteiger partial charge >= 0.3 is 17.9 Å². The molecule has 0 aromatic carbocycles. The molecule has 0 aliphatic carbocycles. The average Bonchev–Trinajstić information content (AvgIpc) is 3.24. The number of hydrogen-bond donors (Lipinski definition) is 8. The molecule has 0 radical (unpaired) electrons. The summed E-state index contributed by atoms with van der Waals surface area (Å²) in [6.07, 6.45) is 20.0. The Balaban J connectivity index is 3.64. The summed E-state index contributed by atoms with van der Waals surface area (Å²) in [5, 5.41) is 40.3. The van der Waals surface area contributed by atoms with Gasteiger partial charge in [-0.05, 0) is 38.5 Å². The van der Waals surface area contributed by atoms with Crippen LogP contribution in [0.1, 0.15) is 148 Å². The van der Waals surface area contributed by atoms with E-state index in [0.29, 0.717) is 32.2 Å². The fraction of sp³-hybridized carbons (Fsp3) is 0.837. The monoisotopic (exact) mass is 922 g/mol. The molecule has 8 N–H and O–H groups in total. The lowest BCUT2D eigenvalue weighted by molar-refractivity contribution is -0.142. The van der Waals surface area contributed by atoms with Crippen molar-refractivity contribution in [2.24, 2.45) is 0 Å². The zero-order valence-corrected chi connectivity index (χ0v) is 38.8. The van der Waals surface area contributed by atoms with Gasteiger partial charge in [0.1, 0.15) is 25.3 Å². The maximum Gasteiger partial charge on any atom is 0.326 e. The summed E-state index contributed by atoms with van der Waals surface area (Å²) in [6.45, 7) is 1.85. The molecule has 0 spiro atoms. The SMILES string of the molecule is O=C(O)CCCCCCCCCCCCCCCCCCC(=O)NC(CCC(=O)NCCOCCOCC(=O)NCCOCCOCC(=O)NCCCCC(NP)C(=O)O)C(=O)O. The van der Waals surface area contributed by atoms with E-state index in [4.69, 9.17) is 29.2 Å². The summed E-state index contributed by atoms with van der Waals surface area (Å²) in [7, 11) is 2.19. The van der Waals surface area contributed by atoms with Crippen LogP contribution >= 0.6 is 9.39 Å². The molecular formula is C43H80N5O14P. The molecule has 366 valence electrons. The van der Waals surface area contributed by atoms with E-state index in [1.807, 2.05) is 0 Å². The Hall–Kier alpha value is -3.48. The van der Waals surface area contributed by atoms with E-state index in [2.05, 4.69) is 35.7 Å². The normalized spacial score (nSPS) is 12.0. The van der Waals surface area contributed by atoms with Crippen molar-refractivity contribution in [3.8, 4) is 0 Å². The molecular weight excluding hydrogens is 841 g/mol. The van der Waals surface area contributed by atoms with Crippen molar-refractivity contribution in [2.75, 3.05) is 72.5 Å². The summed E-state index contributed by atoms with van der Waals surface area (Å²) in [6, 6.07) is -1.77. The van der Waals surface area contributed by atoms with E-state index < -0.39 is 30.0 Å². The van der Waals surface area contributed by atoms with Crippen molar-refractivity contribution < 1.29 is 67.8 Å². The molecule has 0 aromatic heterocycles. The first kappa shape index (κ1) is 59.5. The Bertz CT molecular complexity index is 1230. The maximum absolute atomic E-state index is 12.3. The summed E-state index contributed by atoms with van der Waals surface area (Å²) < 4.78 is 21.3. The van der Waals surface area contributed by atoms with Gasteiger partial charge in [0, 0.05) is 38.9 Å². The van der Waals surface area contributed by atoms with Crippen LogP contribution in [-0.2, 0) is 52.5 Å². The zero-order valence-electron chi connectivity index (χ0n) is 37.6. The standard InChI is InChI=1S/C43H80N5O14P/c49-37(23-22-35(42(55)56)47-38(50)20-15-13-11-9-7-5-3-1-2-4-6-8-10-12-14-16-21-41(53)54)45-25-27-59-29-32-62-34-40(52)46-26-28-60-30-31-61-33-39(51)44-24-18-17-19-36(48-63)43(57)58/h35-36,48H,1-34,63H2,(H,44,51)(H,45,49)(H,46,52)(H,47,50)(H,53,54)(H,55,56)(H,57,58). The highest BCUT2D eigenvalue weighted by atomic mass is 31.0. The van der Waals surface area contributed by atoms with Crippen molar-refractivity contribution in [1.29, 1.82) is 0 Å². The predicted octanol–water partition coefficient (Wildman–Crippen LogP) is 3.86. The zero-order chi connectivity index (χ0) is 46.6. The molecule has 0 saturated heterocycles. The number of nitrogens with one attached hydrogen (secondary N) is 5. The van der Waals surface area contributed by atoms with E-state index in [-0.39, 0.29) is 115 Å². The predicted molar refractivity (Wildman–Crippen MR) is 240 cm³/mol. The highest BCUT2D eigenvalue weighted by Gasteiger charge is 2.21. The van der Waals surface area contributed by atoms with E-state index in [1.54, 1.807) is 0 Å². The van der Waals surface area contributed by atoms with Gasteiger partial charge in [-0.3, -0.25) is 33.9 Å². The minimum absolute atomic E-state index is 0.0276. The summed E-state index contributed by atoms with van der Waals surface area (Å²) in [5.41, 5.74) is 0. The fourth-order valence-corrected chi connectivity index (χ4v) is 6.61. The lowest BCUT2D eigenvalue weighted by Crippen LogP contribution is -2.41. The molecule has 19 nitrogen and oxygen atoms in total. The minimum Gasteiger partial charge on any atom is -0.481 e. The van der Waals surface area contributed by atoms with E-state index >= 15 is 0 Å². The molecule has 20 heteroatoms. The summed E-state index contributed by atoms with van der Waals surface area (Å²) >= 11 is 0. The largest absolute Gasteiger partial charge is 0.481 e. The first-order valence-corrected chi connectivity index (χ1v) is 23.6. The van der Waals surface area contributed by atoms with Gasteiger partial charge in [0.05, 0.1) is 39.6 Å². The third-order valence-corrected chi connectivity index (χ3v) is 10.3. The van der Waals surface area contributed by atoms with Crippen LogP contribution in [0.4, 0.5) is 0 Å². The van der Waals surface area contributed by atoms with Crippen LogP contribution in [0.2, 0.25) is 0 Å². The second-order valence-corrected chi connectivity index (χ2v) is 15.8. The lowest BCUT2D eigenvalue weighted by Gasteiger charge is -2.14. The van der Waals surface area contributed by atoms with Crippen LogP contribution in [0.15, 0.2) is 0 Å². The van der Waals surface area contributed by atoms with E-state index in [0.717, 1.165) is 38.5 Å². The molecule has 0 saturated carbocycles. The van der Waals surface area contributed by atoms with E-state index in [1.165, 1.54) is 57.8 Å². The number of unbranched alkanes of at least 4 members (excludes halogenated alkanes) is 16. The van der Waals surface area contributed by atoms with Crippen LogP contribution in [0.5, 0.6) is 0 Å². The van der Waals surface area contributed by atoms with Gasteiger partial charge in [-0.25, -0.2) is 4.79 Å². The van der Waals surface area contributed by atoms with Crippen molar-refractivity contribution in [1.82, 2.24) is 26.4 Å². The van der Waals surface area contributed by atoms with Crippen molar-refractivity contribution in [3.05, 3.63) is 0 Å². The van der Waals surface area contributed by atoms with Gasteiger partial charge in [-0.15, -0.1) is 0 Å². The highest BCUT2D eigenvalue weighted by Crippen LogP contribution is 2.14. The number of ether oxygens (including phenoxy) is 4. The summed E-state index contributed by atoms with van der Waals surface area (Å²) in [4.78, 5) is 81.4. The molecule has 0 aliphatic rings. The van der Waals surface area contributed by atoms with Crippen molar-refractivity contribution in [3.63, 3.8) is 0 Å². The molecule has 0 bridgehead atoms. The smallest absolute Gasteiger partial charge is 0.326 e. The van der Waals surface area contributed by atoms with Crippen LogP contribution in [0, 0.1) is 0 Å². The lowest BCUT2D eigenvalue weighted by atomic mass is 10.0. The number of amides is 4. The number of carboxylic acid groups (broad SMARTS) is 3. The van der Waals surface area contributed by atoms with Gasteiger partial charge in [0.25, 0.3) is 0 Å². The van der Waals surface area contributed by atoms with Gasteiger partial charge in [0.2, 0.25) is 23.6 Å². The topological polar surface area (TPSA) is 277 Å². The first-order chi connectivity index (χ1) is 30.5. The Morgan fingerprint density at radius 1 is 0.397 bits per heavy atom. The second-order valence-electron chi connectivity index (χ2n) is 15.5. The van der Waals surface area contributed by atoms with Gasteiger partial charge < -0.3 is 55.5 Å².